The summed E-state index contributed by atoms with van der Waals surface area (Å²) in [6, 6.07) is -0.220. The van der Waals surface area contributed by atoms with Gasteiger partial charge in [-0.3, -0.25) is 0 Å². The van der Waals surface area contributed by atoms with Crippen molar-refractivity contribution in [2.24, 2.45) is 0 Å². The van der Waals surface area contributed by atoms with E-state index < -0.39 is 10.0 Å². The van der Waals surface area contributed by atoms with Crippen LogP contribution >= 0.6 is 0 Å². The van der Waals surface area contributed by atoms with Gasteiger partial charge in [-0.05, 0) is 6.42 Å². The van der Waals surface area contributed by atoms with Gasteiger partial charge in [-0.25, -0.2) is 27.8 Å². The normalized spacial score (nSPS) is 18.6. The molecule has 10 heteroatoms. The topological polar surface area (TPSA) is 115 Å². The van der Waals surface area contributed by atoms with E-state index in [9.17, 15) is 8.42 Å². The lowest BCUT2D eigenvalue weighted by atomic mass is 10.1. The Bertz CT molecular complexity index is 708. The molecule has 1 atom stereocenters. The summed E-state index contributed by atoms with van der Waals surface area (Å²) in [6.07, 6.45) is 3.97. The third-order valence-electron chi connectivity index (χ3n) is 3.26. The van der Waals surface area contributed by atoms with Crippen LogP contribution in [0.3, 0.4) is 0 Å². The Hall–Kier alpha value is -1.78. The van der Waals surface area contributed by atoms with Crippen LogP contribution in [0.25, 0.3) is 0 Å². The first-order valence-corrected chi connectivity index (χ1v) is 7.99. The molecule has 0 bridgehead atoms. The fourth-order valence-electron chi connectivity index (χ4n) is 2.32. The zero-order chi connectivity index (χ0) is 14.9. The maximum Gasteiger partial charge on any atom is 0.257 e. The van der Waals surface area contributed by atoms with Gasteiger partial charge in [0.2, 0.25) is 0 Å². The van der Waals surface area contributed by atoms with Crippen LogP contribution in [-0.4, -0.2) is 46.3 Å². The lowest BCUT2D eigenvalue weighted by molar-refractivity contribution is 0.177. The Labute approximate surface area is 121 Å². The van der Waals surface area contributed by atoms with E-state index >= 15 is 0 Å². The average molecular weight is 312 g/mol. The van der Waals surface area contributed by atoms with Crippen molar-refractivity contribution in [3.63, 3.8) is 0 Å². The van der Waals surface area contributed by atoms with Crippen molar-refractivity contribution in [1.82, 2.24) is 29.5 Å². The number of fused-ring (bicyclic) bond motifs is 1. The van der Waals surface area contributed by atoms with E-state index in [1.807, 2.05) is 0 Å². The van der Waals surface area contributed by atoms with Gasteiger partial charge in [0.05, 0.1) is 19.1 Å². The fourth-order valence-corrected chi connectivity index (χ4v) is 3.49. The molecule has 1 aliphatic rings. The zero-order valence-corrected chi connectivity index (χ0v) is 12.3. The number of nitrogens with zero attached hydrogens (tertiary/aromatic N) is 4. The Morgan fingerprint density at radius 1 is 1.57 bits per heavy atom. The Balaban J connectivity index is 1.72. The molecule has 1 unspecified atom stereocenters. The molecule has 0 spiro atoms. The van der Waals surface area contributed by atoms with Gasteiger partial charge in [-0.15, -0.1) is 0 Å². The molecule has 0 fully saturated rings. The van der Waals surface area contributed by atoms with Crippen molar-refractivity contribution in [2.45, 2.75) is 37.1 Å². The maximum atomic E-state index is 12.1. The SMILES string of the molecule is COCc1nc2n(n1)CC(NS(=O)(=O)c1cnc[nH]1)CC2. The van der Waals surface area contributed by atoms with Crippen molar-refractivity contribution in [1.29, 1.82) is 0 Å². The average Bonchev–Trinajstić information content (AvgIpc) is 3.06. The number of hydrogen-bond acceptors (Lipinski definition) is 6. The van der Waals surface area contributed by atoms with E-state index in [0.29, 0.717) is 31.8 Å². The summed E-state index contributed by atoms with van der Waals surface area (Å²) < 4.78 is 33.7. The number of aromatic nitrogens is 5. The molecule has 0 aliphatic carbocycles. The minimum Gasteiger partial charge on any atom is -0.377 e. The smallest absolute Gasteiger partial charge is 0.257 e. The number of ether oxygens (including phenoxy) is 1. The summed E-state index contributed by atoms with van der Waals surface area (Å²) in [5.41, 5.74) is 0. The van der Waals surface area contributed by atoms with E-state index in [4.69, 9.17) is 4.74 Å². The molecule has 0 saturated carbocycles. The molecule has 114 valence electrons. The number of H-pyrrole nitrogens is 1. The molecule has 3 heterocycles. The molecule has 0 saturated heterocycles. The lowest BCUT2D eigenvalue weighted by Gasteiger charge is -2.22. The van der Waals surface area contributed by atoms with Gasteiger partial charge < -0.3 is 9.72 Å². The second-order valence-electron chi connectivity index (χ2n) is 4.83. The van der Waals surface area contributed by atoms with Crippen LogP contribution in [0.2, 0.25) is 0 Å². The number of aromatic amines is 1. The summed E-state index contributed by atoms with van der Waals surface area (Å²) in [7, 11) is -1.99. The van der Waals surface area contributed by atoms with Crippen LogP contribution in [0.5, 0.6) is 0 Å². The van der Waals surface area contributed by atoms with Crippen molar-refractivity contribution < 1.29 is 13.2 Å². The summed E-state index contributed by atoms with van der Waals surface area (Å²) in [5.74, 6) is 1.48. The van der Waals surface area contributed by atoms with E-state index in [-0.39, 0.29) is 11.1 Å². The first-order chi connectivity index (χ1) is 10.1. The molecule has 2 aromatic heterocycles. The molecular weight excluding hydrogens is 296 g/mol. The standard InChI is InChI=1S/C11H16N6O3S/c1-20-6-9-14-10-3-2-8(5-17(10)15-9)16-21(18,19)11-4-12-7-13-11/h4,7-8,16H,2-3,5-6H2,1H3,(H,12,13). The summed E-state index contributed by atoms with van der Waals surface area (Å²) in [5, 5.41) is 4.37. The third-order valence-corrected chi connectivity index (χ3v) is 4.71. The number of sulfonamides is 1. The zero-order valence-electron chi connectivity index (χ0n) is 11.5. The van der Waals surface area contributed by atoms with Gasteiger partial charge >= 0.3 is 0 Å². The highest BCUT2D eigenvalue weighted by molar-refractivity contribution is 7.89. The second-order valence-corrected chi connectivity index (χ2v) is 6.51. The molecule has 9 nitrogen and oxygen atoms in total. The van der Waals surface area contributed by atoms with Gasteiger partial charge in [0.1, 0.15) is 12.4 Å². The van der Waals surface area contributed by atoms with Crippen LogP contribution in [0.4, 0.5) is 0 Å². The number of methoxy groups -OCH3 is 1. The van der Waals surface area contributed by atoms with Gasteiger partial charge in [-0.2, -0.15) is 5.10 Å². The number of hydrogen-bond donors (Lipinski definition) is 2. The molecule has 1 aliphatic heterocycles. The van der Waals surface area contributed by atoms with Gasteiger partial charge in [0.25, 0.3) is 10.0 Å². The molecule has 0 aromatic carbocycles. The van der Waals surface area contributed by atoms with E-state index in [1.165, 1.54) is 12.5 Å². The maximum absolute atomic E-state index is 12.1. The molecule has 2 aromatic rings. The molecular formula is C11H16N6O3S. The first kappa shape index (κ1) is 14.2. The molecule has 0 radical (unpaired) electrons. The van der Waals surface area contributed by atoms with Crippen LogP contribution in [0.15, 0.2) is 17.6 Å². The Morgan fingerprint density at radius 3 is 3.14 bits per heavy atom. The van der Waals surface area contributed by atoms with E-state index in [2.05, 4.69) is 24.8 Å². The van der Waals surface area contributed by atoms with Crippen molar-refractivity contribution in [3.05, 3.63) is 24.2 Å². The minimum absolute atomic E-state index is 0.0620. The summed E-state index contributed by atoms with van der Waals surface area (Å²) in [4.78, 5) is 10.7. The number of aryl methyl sites for hydroxylation is 1. The summed E-state index contributed by atoms with van der Waals surface area (Å²) >= 11 is 0. The predicted molar refractivity (Wildman–Crippen MR) is 71.8 cm³/mol. The second kappa shape index (κ2) is 5.54. The van der Waals surface area contributed by atoms with Crippen LogP contribution in [0, 0.1) is 0 Å². The Kier molecular flexibility index (Phi) is 3.74. The van der Waals surface area contributed by atoms with Crippen molar-refractivity contribution >= 4 is 10.0 Å². The van der Waals surface area contributed by atoms with Crippen LogP contribution in [0.1, 0.15) is 18.1 Å². The number of nitrogens with one attached hydrogen (secondary N) is 2. The van der Waals surface area contributed by atoms with Gasteiger partial charge in [0.15, 0.2) is 10.9 Å². The van der Waals surface area contributed by atoms with Crippen molar-refractivity contribution in [3.8, 4) is 0 Å². The number of rotatable bonds is 5. The highest BCUT2D eigenvalue weighted by Crippen LogP contribution is 2.15. The predicted octanol–water partition coefficient (Wildman–Crippen LogP) is -0.559. The number of imidazole rings is 1. The van der Waals surface area contributed by atoms with Crippen LogP contribution in [-0.2, 0) is 34.3 Å². The van der Waals surface area contributed by atoms with Gasteiger partial charge in [0, 0.05) is 19.6 Å². The Morgan fingerprint density at radius 2 is 2.43 bits per heavy atom. The van der Waals surface area contributed by atoms with E-state index in [1.54, 1.807) is 11.8 Å². The quantitative estimate of drug-likeness (QED) is 0.765. The molecule has 2 N–H and O–H groups in total. The first-order valence-electron chi connectivity index (χ1n) is 6.51. The molecule has 3 rings (SSSR count). The molecule has 21 heavy (non-hydrogen) atoms. The largest absolute Gasteiger partial charge is 0.377 e. The lowest BCUT2D eigenvalue weighted by Crippen LogP contribution is -2.41. The highest BCUT2D eigenvalue weighted by Gasteiger charge is 2.26. The monoisotopic (exact) mass is 312 g/mol. The van der Waals surface area contributed by atoms with Gasteiger partial charge in [-0.1, -0.05) is 0 Å². The fraction of sp³-hybridized carbons (Fsp3) is 0.545. The summed E-state index contributed by atoms with van der Waals surface area (Å²) in [6.45, 7) is 0.809. The molecule has 0 amide bonds. The van der Waals surface area contributed by atoms with Crippen molar-refractivity contribution in [2.75, 3.05) is 7.11 Å². The van der Waals surface area contributed by atoms with E-state index in [0.717, 1.165) is 5.82 Å². The third kappa shape index (κ3) is 2.96. The van der Waals surface area contributed by atoms with Crippen LogP contribution < -0.4 is 4.72 Å². The minimum atomic E-state index is -3.58. The highest BCUT2D eigenvalue weighted by atomic mass is 32.2.